The van der Waals surface area contributed by atoms with Gasteiger partial charge in [-0.05, 0) is 40.0 Å². The van der Waals surface area contributed by atoms with Crippen LogP contribution >= 0.6 is 0 Å². The lowest BCUT2D eigenvalue weighted by molar-refractivity contribution is -0.121. The minimum absolute atomic E-state index is 0.123. The van der Waals surface area contributed by atoms with Crippen molar-refractivity contribution in [2.24, 2.45) is 10.2 Å². The van der Waals surface area contributed by atoms with E-state index in [1.54, 1.807) is 21.0 Å². The van der Waals surface area contributed by atoms with Crippen LogP contribution in [0.3, 0.4) is 0 Å². The molecule has 0 aromatic carbocycles. The van der Waals surface area contributed by atoms with Gasteiger partial charge in [0.1, 0.15) is 0 Å². The minimum Gasteiger partial charge on any atom is -0.385 e. The second-order valence-corrected chi connectivity index (χ2v) is 5.52. The van der Waals surface area contributed by atoms with E-state index < -0.39 is 11.1 Å². The highest BCUT2D eigenvalue weighted by molar-refractivity contribution is 5.75. The van der Waals surface area contributed by atoms with Gasteiger partial charge in [-0.2, -0.15) is 20.8 Å². The van der Waals surface area contributed by atoms with Gasteiger partial charge in [0.15, 0.2) is 11.1 Å². The fraction of sp³-hybridized carbons (Fsp3) is 0.800. The molecule has 0 bridgehead atoms. The van der Waals surface area contributed by atoms with E-state index in [9.17, 15) is 15.3 Å². The molecule has 1 amide bonds. The summed E-state index contributed by atoms with van der Waals surface area (Å²) in [6, 6.07) is 4.18. The van der Waals surface area contributed by atoms with Crippen molar-refractivity contribution in [3.8, 4) is 12.1 Å². The third kappa shape index (κ3) is 7.70. The molecule has 0 aliphatic rings. The minimum atomic E-state index is -1.11. The normalized spacial score (nSPS) is 16.3. The van der Waals surface area contributed by atoms with Gasteiger partial charge in [0.2, 0.25) is 5.91 Å². The van der Waals surface area contributed by atoms with Gasteiger partial charge in [0.05, 0.1) is 12.1 Å². The zero-order valence-corrected chi connectivity index (χ0v) is 13.8. The highest BCUT2D eigenvalue weighted by atomic mass is 16.5. The largest absolute Gasteiger partial charge is 0.385 e. The van der Waals surface area contributed by atoms with Crippen LogP contribution in [-0.4, -0.2) is 37.2 Å². The molecule has 2 unspecified atom stereocenters. The number of hydrogen-bond acceptors (Lipinski definition) is 6. The third-order valence-electron chi connectivity index (χ3n) is 3.20. The van der Waals surface area contributed by atoms with Gasteiger partial charge in [-0.1, -0.05) is 0 Å². The molecule has 0 aromatic rings. The average Bonchev–Trinajstić information content (AvgIpc) is 2.52. The molecule has 122 valence electrons. The second-order valence-electron chi connectivity index (χ2n) is 5.52. The molecule has 22 heavy (non-hydrogen) atoms. The number of nitrogens with zero attached hydrogens (tertiary/aromatic N) is 4. The number of azo groups is 1. The Morgan fingerprint density at radius 1 is 1.18 bits per heavy atom. The first-order valence-electron chi connectivity index (χ1n) is 7.37. The quantitative estimate of drug-likeness (QED) is 0.493. The molecule has 2 atom stereocenters. The highest BCUT2D eigenvalue weighted by Crippen LogP contribution is 2.23. The number of carbonyl (C=O) groups excluding carboxylic acids is 1. The fourth-order valence-corrected chi connectivity index (χ4v) is 1.68. The van der Waals surface area contributed by atoms with Crippen molar-refractivity contribution in [1.29, 1.82) is 10.5 Å². The monoisotopic (exact) mass is 307 g/mol. The van der Waals surface area contributed by atoms with Crippen molar-refractivity contribution in [3.05, 3.63) is 0 Å². The lowest BCUT2D eigenvalue weighted by atomic mass is 9.97. The van der Waals surface area contributed by atoms with Gasteiger partial charge in [-0.3, -0.25) is 4.79 Å². The Bertz CT molecular complexity index is 466. The van der Waals surface area contributed by atoms with Gasteiger partial charge in [-0.25, -0.2) is 0 Å². The predicted molar refractivity (Wildman–Crippen MR) is 81.9 cm³/mol. The molecule has 0 spiro atoms. The van der Waals surface area contributed by atoms with E-state index in [0.29, 0.717) is 26.0 Å². The van der Waals surface area contributed by atoms with Crippen molar-refractivity contribution in [3.63, 3.8) is 0 Å². The van der Waals surface area contributed by atoms with Gasteiger partial charge in [0.25, 0.3) is 0 Å². The van der Waals surface area contributed by atoms with E-state index in [0.717, 1.165) is 0 Å². The van der Waals surface area contributed by atoms with Crippen molar-refractivity contribution in [2.75, 3.05) is 20.3 Å². The van der Waals surface area contributed by atoms with Crippen LogP contribution in [0.2, 0.25) is 0 Å². The summed E-state index contributed by atoms with van der Waals surface area (Å²) in [5.74, 6) is -0.123. The zero-order chi connectivity index (χ0) is 17.1. The molecule has 7 nitrogen and oxygen atoms in total. The summed E-state index contributed by atoms with van der Waals surface area (Å²) in [5, 5.41) is 29.3. The summed E-state index contributed by atoms with van der Waals surface area (Å²) < 4.78 is 4.96. The van der Waals surface area contributed by atoms with E-state index in [4.69, 9.17) is 4.74 Å². The number of methoxy groups -OCH3 is 1. The summed E-state index contributed by atoms with van der Waals surface area (Å²) in [6.45, 7) is 6.21. The van der Waals surface area contributed by atoms with E-state index in [-0.39, 0.29) is 18.7 Å². The standard InChI is InChI=1S/C15H25N5O2/c1-5-18-13(21)7-9-15(3,12-17)20-19-14(2,11-16)8-6-10-22-4/h5-10H2,1-4H3,(H,18,21). The molecule has 0 aliphatic carbocycles. The van der Waals surface area contributed by atoms with Crippen LogP contribution in [0, 0.1) is 22.7 Å². The number of amides is 1. The number of hydrogen-bond donors (Lipinski definition) is 1. The molecule has 0 radical (unpaired) electrons. The number of ether oxygens (including phenoxy) is 1. The van der Waals surface area contributed by atoms with Crippen molar-refractivity contribution < 1.29 is 9.53 Å². The van der Waals surface area contributed by atoms with Crippen molar-refractivity contribution in [2.45, 2.75) is 57.5 Å². The summed E-state index contributed by atoms with van der Waals surface area (Å²) in [6.07, 6.45) is 1.64. The Labute approximate surface area is 132 Å². The number of nitriles is 2. The molecule has 0 fully saturated rings. The molecule has 0 saturated carbocycles. The molecular formula is C15H25N5O2. The van der Waals surface area contributed by atoms with Crippen LogP contribution in [0.5, 0.6) is 0 Å². The maximum absolute atomic E-state index is 11.5. The van der Waals surface area contributed by atoms with Gasteiger partial charge in [0, 0.05) is 26.7 Å². The van der Waals surface area contributed by atoms with E-state index >= 15 is 0 Å². The summed E-state index contributed by atoms with van der Waals surface area (Å²) in [4.78, 5) is 11.5. The Hall–Kier alpha value is -1.99. The Kier molecular flexibility index (Phi) is 8.97. The molecule has 1 N–H and O–H groups in total. The SMILES string of the molecule is CCNC(=O)CCC(C)(C#N)N=NC(C)(C#N)CCCOC. The Morgan fingerprint density at radius 2 is 1.73 bits per heavy atom. The lowest BCUT2D eigenvalue weighted by Gasteiger charge is -2.19. The predicted octanol–water partition coefficient (Wildman–Crippen LogP) is 2.35. The smallest absolute Gasteiger partial charge is 0.220 e. The average molecular weight is 307 g/mol. The van der Waals surface area contributed by atoms with Crippen LogP contribution in [-0.2, 0) is 9.53 Å². The second kappa shape index (κ2) is 9.86. The van der Waals surface area contributed by atoms with Gasteiger partial charge < -0.3 is 10.1 Å². The number of nitrogens with one attached hydrogen (secondary N) is 1. The van der Waals surface area contributed by atoms with Crippen molar-refractivity contribution >= 4 is 5.91 Å². The van der Waals surface area contributed by atoms with Crippen LogP contribution in [0.15, 0.2) is 10.2 Å². The zero-order valence-electron chi connectivity index (χ0n) is 13.8. The maximum atomic E-state index is 11.5. The molecule has 0 aliphatic heterocycles. The van der Waals surface area contributed by atoms with Crippen LogP contribution < -0.4 is 5.32 Å². The first-order valence-corrected chi connectivity index (χ1v) is 7.37. The maximum Gasteiger partial charge on any atom is 0.220 e. The number of rotatable bonds is 10. The van der Waals surface area contributed by atoms with E-state index in [1.807, 2.05) is 6.92 Å². The first-order chi connectivity index (χ1) is 10.3. The number of carbonyl (C=O) groups is 1. The molecule has 0 aromatic heterocycles. The Balaban J connectivity index is 4.76. The van der Waals surface area contributed by atoms with Gasteiger partial charge >= 0.3 is 0 Å². The molecule has 0 saturated heterocycles. The first kappa shape index (κ1) is 20.0. The third-order valence-corrected chi connectivity index (χ3v) is 3.20. The highest BCUT2D eigenvalue weighted by Gasteiger charge is 2.28. The van der Waals surface area contributed by atoms with Crippen molar-refractivity contribution in [1.82, 2.24) is 5.32 Å². The van der Waals surface area contributed by atoms with Gasteiger partial charge in [-0.15, -0.1) is 0 Å². The fourth-order valence-electron chi connectivity index (χ4n) is 1.68. The van der Waals surface area contributed by atoms with Crippen LogP contribution in [0.4, 0.5) is 0 Å². The van der Waals surface area contributed by atoms with Crippen LogP contribution in [0.25, 0.3) is 0 Å². The summed E-state index contributed by atoms with van der Waals surface area (Å²) in [5.41, 5.74) is -2.09. The molecule has 0 rings (SSSR count). The van der Waals surface area contributed by atoms with Crippen LogP contribution in [0.1, 0.15) is 46.5 Å². The van der Waals surface area contributed by atoms with E-state index in [1.165, 1.54) is 0 Å². The molecule has 7 heteroatoms. The summed E-state index contributed by atoms with van der Waals surface area (Å²) >= 11 is 0. The Morgan fingerprint density at radius 3 is 2.18 bits per heavy atom. The lowest BCUT2D eigenvalue weighted by Crippen LogP contribution is -2.28. The molecule has 0 heterocycles. The summed E-state index contributed by atoms with van der Waals surface area (Å²) in [7, 11) is 1.60. The topological polar surface area (TPSA) is 111 Å². The van der Waals surface area contributed by atoms with E-state index in [2.05, 4.69) is 27.7 Å². The molecular weight excluding hydrogens is 282 g/mol.